The minimum absolute atomic E-state index is 0. The second-order valence-corrected chi connectivity index (χ2v) is 34.4. The monoisotopic (exact) mass is 1890 g/mol. The van der Waals surface area contributed by atoms with Crippen molar-refractivity contribution < 1.29 is 56.0 Å². The SMILES string of the molecule is S.S.S.[C-]#[N+]C[C@H]1CN(c2nc(OCCCOC3CC3)nc3c2CCN(c2cncc4cccc(C)c24)C3)CCN1C(=O)/C=C/CF.[C-]#[N+]C[C@H]1CN(c2nc(OCCCOC3CC3)nc3c2CCN(c2cncc4cccc(C)c24)C3)CCN1C(=O)C(=C)F.[C-]#[N+]C[C@H]1CN(c2nc(OCCCOC3CC3)nc3c2CCN(c2cncc4cccc(Cl)c24)C3)CCN1C(=O)C(=C)F. The van der Waals surface area contributed by atoms with Gasteiger partial charge in [0, 0.05) is 171 Å². The lowest BCUT2D eigenvalue weighted by molar-refractivity contribution is -0.131. The molecule has 9 aromatic rings. The lowest BCUT2D eigenvalue weighted by atomic mass is 10.0. The molecular weight excluding hydrogens is 1780 g/mol. The molecule has 0 N–H and O–H groups in total. The Morgan fingerprint density at radius 3 is 1.14 bits per heavy atom. The Kier molecular flexibility index (Phi) is 34.5. The van der Waals surface area contributed by atoms with Crippen LogP contribution in [0, 0.1) is 33.6 Å². The van der Waals surface area contributed by atoms with Gasteiger partial charge >= 0.3 is 18.0 Å². The predicted molar refractivity (Wildman–Crippen MR) is 522 cm³/mol. The maximum Gasteiger partial charge on any atom is 0.318 e. The van der Waals surface area contributed by atoms with E-state index in [0.717, 1.165) is 167 Å². The van der Waals surface area contributed by atoms with E-state index < -0.39 is 42.2 Å². The lowest BCUT2D eigenvalue weighted by Gasteiger charge is -2.41. The summed E-state index contributed by atoms with van der Waals surface area (Å²) in [6, 6.07) is 17.9. The lowest BCUT2D eigenvalue weighted by Crippen LogP contribution is -2.57. The minimum Gasteiger partial charge on any atom is -0.463 e. The number of pyridine rings is 3. The fourth-order valence-corrected chi connectivity index (χ4v) is 18.2. The topological polar surface area (TPSA) is 265 Å². The van der Waals surface area contributed by atoms with Crippen LogP contribution in [0.15, 0.2) is 129 Å². The molecule has 3 saturated carbocycles. The highest BCUT2D eigenvalue weighted by Gasteiger charge is 2.41. The molecule has 3 amide bonds. The first-order valence-electron chi connectivity index (χ1n) is 44.9. The van der Waals surface area contributed by atoms with Crippen LogP contribution in [-0.2, 0) is 67.5 Å². The molecule has 6 aromatic heterocycles. The number of allylic oxidation sites excluding steroid dienone is 1. The number of fused-ring (bicyclic) bond motifs is 6. The van der Waals surface area contributed by atoms with Crippen molar-refractivity contribution in [2.45, 2.75) is 147 Å². The molecule has 3 atom stereocenters. The number of rotatable bonds is 31. The number of carbonyl (C=O) groups excluding carboxylic acids is 3. The first kappa shape index (κ1) is 98.9. The second-order valence-electron chi connectivity index (χ2n) is 34.0. The first-order valence-corrected chi connectivity index (χ1v) is 45.2. The number of piperazine rings is 3. The van der Waals surface area contributed by atoms with Crippen molar-refractivity contribution in [1.29, 1.82) is 0 Å². The molecule has 6 aliphatic heterocycles. The number of ether oxygens (including phenoxy) is 6. The van der Waals surface area contributed by atoms with Gasteiger partial charge in [0.05, 0.1) is 135 Å². The summed E-state index contributed by atoms with van der Waals surface area (Å²) in [5, 5.41) is 7.14. The summed E-state index contributed by atoms with van der Waals surface area (Å²) in [4.78, 5) is 109. The molecule has 12 heterocycles. The predicted octanol–water partition coefficient (Wildman–Crippen LogP) is 13.5. The Balaban J connectivity index is 0.000000167. The number of nitrogens with zero attached hydrogens (tertiary/aromatic N) is 21. The Labute approximate surface area is 799 Å². The zero-order valence-corrected chi connectivity index (χ0v) is 78.7. The Hall–Kier alpha value is -11.6. The van der Waals surface area contributed by atoms with Crippen LogP contribution in [-0.4, -0.2) is 258 Å². The van der Waals surface area contributed by atoms with Crippen LogP contribution in [0.1, 0.15) is 103 Å². The van der Waals surface area contributed by atoms with E-state index in [0.29, 0.717) is 160 Å². The number of benzene rings is 3. The van der Waals surface area contributed by atoms with Crippen molar-refractivity contribution in [2.75, 3.05) is 174 Å². The number of hydrogen-bond acceptors (Lipinski definition) is 24. The van der Waals surface area contributed by atoms with E-state index >= 15 is 0 Å². The van der Waals surface area contributed by atoms with E-state index in [-0.39, 0.29) is 91.2 Å². The summed E-state index contributed by atoms with van der Waals surface area (Å²) in [6.07, 6.45) is 26.0. The number of aromatic nitrogens is 9. The maximum atomic E-state index is 13.8. The van der Waals surface area contributed by atoms with Crippen molar-refractivity contribution in [3.8, 4) is 18.0 Å². The summed E-state index contributed by atoms with van der Waals surface area (Å²) in [7, 11) is 0. The largest absolute Gasteiger partial charge is 0.463 e. The van der Waals surface area contributed by atoms with E-state index in [1.54, 1.807) is 4.90 Å². The van der Waals surface area contributed by atoms with Gasteiger partial charge < -0.3 is 87.1 Å². The van der Waals surface area contributed by atoms with E-state index in [2.05, 4.69) is 116 Å². The number of carbonyl (C=O) groups is 3. The molecule has 6 fully saturated rings. The van der Waals surface area contributed by atoms with Crippen molar-refractivity contribution in [3.63, 3.8) is 0 Å². The van der Waals surface area contributed by atoms with Crippen molar-refractivity contribution in [3.05, 3.63) is 213 Å². The molecule has 702 valence electrons. The van der Waals surface area contributed by atoms with Gasteiger partial charge in [-0.3, -0.25) is 29.3 Å². The Bertz CT molecular complexity index is 5600. The summed E-state index contributed by atoms with van der Waals surface area (Å²) in [5.41, 5.74) is 11.2. The fourth-order valence-electron chi connectivity index (χ4n) is 17.9. The molecule has 3 aliphatic carbocycles. The van der Waals surface area contributed by atoms with Crippen LogP contribution in [0.3, 0.4) is 0 Å². The van der Waals surface area contributed by atoms with E-state index in [1.807, 2.05) is 61.4 Å². The molecule has 0 bridgehead atoms. The third kappa shape index (κ3) is 24.2. The van der Waals surface area contributed by atoms with Gasteiger partial charge in [-0.25, -0.2) is 32.9 Å². The van der Waals surface area contributed by atoms with Gasteiger partial charge in [-0.05, 0) is 94.9 Å². The van der Waals surface area contributed by atoms with E-state index in [1.165, 1.54) is 43.9 Å². The average molecular weight is 1890 g/mol. The van der Waals surface area contributed by atoms with E-state index in [4.69, 9.17) is 89.6 Å². The molecule has 0 spiro atoms. The number of amides is 3. The Morgan fingerprint density at radius 1 is 0.451 bits per heavy atom. The average Bonchev–Trinajstić information content (AvgIpc) is 1.51. The van der Waals surface area contributed by atoms with Gasteiger partial charge in [-0.15, -0.1) is 0 Å². The number of aryl methyl sites for hydroxylation is 2. The molecule has 30 nitrogen and oxygen atoms in total. The summed E-state index contributed by atoms with van der Waals surface area (Å²) >= 11 is 6.64. The highest BCUT2D eigenvalue weighted by molar-refractivity contribution is 7.59. The van der Waals surface area contributed by atoms with Gasteiger partial charge in [-0.1, -0.05) is 73.3 Å². The zero-order chi connectivity index (χ0) is 90.3. The zero-order valence-electron chi connectivity index (χ0n) is 74.9. The summed E-state index contributed by atoms with van der Waals surface area (Å²) < 4.78 is 75.7. The smallest absolute Gasteiger partial charge is 0.318 e. The standard InChI is InChI=1S/C33H38FN7O3.C32H36FN7O3.C31H33ClFN7O3.3H2S/c1-23-6-3-7-24-18-36-20-29(31(23)24)39-13-11-27-28(22-39)37-33(44-17-5-16-43-26-9-10-26)38-32(27)40-14-15-41(25(21-40)19-35-2)30(42)8-4-12-34;1-21-6-4-7-23-16-35-18-28(29(21)23)38-11-10-26-27(20-38)36-32(43-15-5-14-42-25-8-9-25)37-30(26)39-12-13-40(31(41)22(2)33)24(19-39)17-34-3;1-20(33)30(41)40-12-11-39(18-22(40)16-34-2)29-24-9-10-38(27-17-35-15-21-5-3-6-25(32)28(21)27)19-26(24)36-31(37-29)43-14-4-13-42-23-7-8-23;;;/h3-4,6-8,18,20,25-26H,5,9-17,19,21-22H2,1H3;4,6-7,16,18,24-25H,2,5,8-15,17,19-20H2,1H3;3,5-6,15,17,22-23H,1,4,7-14,16,18-19H2;3*1H2/b8-4+;;;;;/t25-;24-;22-;;;/m000.../s1. The van der Waals surface area contributed by atoms with Crippen LogP contribution in [0.4, 0.5) is 47.7 Å². The van der Waals surface area contributed by atoms with Crippen LogP contribution in [0.2, 0.25) is 5.02 Å². The molecule has 37 heteroatoms. The first-order chi connectivity index (χ1) is 63.4. The van der Waals surface area contributed by atoms with Gasteiger partial charge in [0.1, 0.15) is 42.3 Å². The second kappa shape index (κ2) is 46.4. The van der Waals surface area contributed by atoms with Gasteiger partial charge in [0.2, 0.25) is 25.5 Å². The number of halogens is 4. The summed E-state index contributed by atoms with van der Waals surface area (Å²) in [6.45, 7) is 43.1. The normalized spacial score (nSPS) is 18.0. The van der Waals surface area contributed by atoms with Crippen LogP contribution in [0.5, 0.6) is 18.0 Å². The third-order valence-electron chi connectivity index (χ3n) is 24.8. The van der Waals surface area contributed by atoms with Crippen molar-refractivity contribution >= 4 is 137 Å². The maximum absolute atomic E-state index is 13.8. The summed E-state index contributed by atoms with van der Waals surface area (Å²) in [5.74, 6) is -1.56. The fraction of sp³-hybridized carbons (Fsp3) is 0.469. The highest BCUT2D eigenvalue weighted by Crippen LogP contribution is 2.42. The van der Waals surface area contributed by atoms with Crippen molar-refractivity contribution in [2.24, 2.45) is 0 Å². The molecule has 0 unspecified atom stereocenters. The van der Waals surface area contributed by atoms with Gasteiger partial charge in [0.15, 0.2) is 11.7 Å². The van der Waals surface area contributed by atoms with Gasteiger partial charge in [0.25, 0.3) is 11.8 Å². The third-order valence-corrected chi connectivity index (χ3v) is 25.1. The van der Waals surface area contributed by atoms with Gasteiger partial charge in [-0.2, -0.15) is 70.4 Å². The number of alkyl halides is 1. The quantitative estimate of drug-likeness (QED) is 0.0222. The molecule has 9 aliphatic rings. The van der Waals surface area contributed by atoms with Crippen LogP contribution in [0.25, 0.3) is 46.9 Å². The minimum atomic E-state index is -1.02. The molecule has 18 rings (SSSR count). The highest BCUT2D eigenvalue weighted by atomic mass is 35.5. The van der Waals surface area contributed by atoms with Crippen LogP contribution >= 0.6 is 52.1 Å². The molecule has 133 heavy (non-hydrogen) atoms. The molecular formula is C96H113ClF3N21O9S3. The number of hydrogen-bond donors (Lipinski definition) is 0. The molecule has 0 radical (unpaired) electrons. The van der Waals surface area contributed by atoms with Crippen LogP contribution < -0.4 is 43.6 Å². The van der Waals surface area contributed by atoms with Crippen molar-refractivity contribution in [1.82, 2.24) is 59.6 Å². The Morgan fingerprint density at radius 2 is 0.789 bits per heavy atom. The molecule has 3 aromatic carbocycles. The van der Waals surface area contributed by atoms with E-state index in [9.17, 15) is 27.6 Å². The molecule has 3 saturated heterocycles. The number of anilines is 6.